The van der Waals surface area contributed by atoms with E-state index in [1.807, 2.05) is 84.9 Å². The first-order chi connectivity index (χ1) is 27.4. The van der Waals surface area contributed by atoms with E-state index in [1.54, 1.807) is 0 Å². The van der Waals surface area contributed by atoms with Gasteiger partial charge in [0.2, 0.25) is 0 Å². The van der Waals surface area contributed by atoms with Crippen LogP contribution in [0.2, 0.25) is 0 Å². The lowest BCUT2D eigenvalue weighted by Gasteiger charge is -2.10. The van der Waals surface area contributed by atoms with E-state index in [0.29, 0.717) is 33.5 Å². The molecule has 0 aliphatic rings. The Morgan fingerprint density at radius 3 is 1.90 bits per heavy atom. The first kappa shape index (κ1) is 23.3. The number of furan rings is 2. The highest BCUT2D eigenvalue weighted by Crippen LogP contribution is 2.40. The molecule has 0 radical (unpaired) electrons. The van der Waals surface area contributed by atoms with Crippen molar-refractivity contribution in [2.24, 2.45) is 0 Å². The zero-order valence-electron chi connectivity index (χ0n) is 31.7. The number of rotatable bonds is 4. The van der Waals surface area contributed by atoms with E-state index < -0.39 is 30.2 Å². The Kier molecular flexibility index (Phi) is 4.91. The topological polar surface area (TPSA) is 69.9 Å². The zero-order valence-corrected chi connectivity index (χ0v) is 26.7. The number of para-hydroxylation sites is 4. The van der Waals surface area contributed by atoms with Crippen LogP contribution in [0.3, 0.4) is 0 Å². The average Bonchev–Trinajstić information content (AvgIpc) is 3.91. The lowest BCUT2D eigenvalue weighted by molar-refractivity contribution is 0.668. The highest BCUT2D eigenvalue weighted by molar-refractivity contribution is 6.15. The van der Waals surface area contributed by atoms with Crippen LogP contribution in [0.25, 0.3) is 106 Å². The third kappa shape index (κ3) is 4.20. The van der Waals surface area contributed by atoms with E-state index in [9.17, 15) is 0 Å². The predicted molar refractivity (Wildman–Crippen MR) is 205 cm³/mol. The predicted octanol–water partition coefficient (Wildman–Crippen LogP) is 11.8. The van der Waals surface area contributed by atoms with Crippen molar-refractivity contribution < 1.29 is 15.7 Å². The minimum atomic E-state index is -0.498. The number of hydrogen-bond acceptors (Lipinski definition) is 5. The van der Waals surface area contributed by atoms with Gasteiger partial charge in [0.05, 0.1) is 34.5 Å². The van der Waals surface area contributed by atoms with Crippen molar-refractivity contribution in [2.75, 3.05) is 0 Å². The molecular formula is C45H26N4O2. The smallest absolute Gasteiger partial charge is 0.167 e. The number of benzene rings is 7. The van der Waals surface area contributed by atoms with E-state index in [1.165, 1.54) is 0 Å². The van der Waals surface area contributed by atoms with Gasteiger partial charge in [0, 0.05) is 38.1 Å². The van der Waals surface area contributed by atoms with Crippen molar-refractivity contribution in [1.82, 2.24) is 19.5 Å². The molecule has 6 nitrogen and oxygen atoms in total. The summed E-state index contributed by atoms with van der Waals surface area (Å²) in [6.07, 6.45) is 0. The average molecular weight is 660 g/mol. The Hall–Kier alpha value is -7.05. The molecular weight excluding hydrogens is 629 g/mol. The van der Waals surface area contributed by atoms with E-state index in [0.717, 1.165) is 49.0 Å². The summed E-state index contributed by atoms with van der Waals surface area (Å²) in [4.78, 5) is 14.6. The van der Waals surface area contributed by atoms with Crippen molar-refractivity contribution >= 4 is 65.7 Å². The highest BCUT2D eigenvalue weighted by atomic mass is 16.3. The van der Waals surface area contributed by atoms with Crippen LogP contribution in [0.5, 0.6) is 0 Å². The molecule has 0 unspecified atom stereocenters. The molecule has 0 amide bonds. The Bertz CT molecular complexity index is 3380. The Morgan fingerprint density at radius 1 is 0.471 bits per heavy atom. The monoisotopic (exact) mass is 659 g/mol. The van der Waals surface area contributed by atoms with Gasteiger partial charge in [-0.25, -0.2) is 15.0 Å². The molecule has 11 rings (SSSR count). The second-order valence-electron chi connectivity index (χ2n) is 12.4. The molecule has 4 heterocycles. The van der Waals surface area contributed by atoms with Crippen LogP contribution >= 0.6 is 0 Å². The van der Waals surface area contributed by atoms with Crippen LogP contribution in [0.1, 0.15) is 6.85 Å². The van der Waals surface area contributed by atoms with Gasteiger partial charge < -0.3 is 13.4 Å². The minimum absolute atomic E-state index is 0.0572. The molecule has 0 fully saturated rings. The highest BCUT2D eigenvalue weighted by Gasteiger charge is 2.20. The van der Waals surface area contributed by atoms with Gasteiger partial charge in [-0.1, -0.05) is 103 Å². The summed E-state index contributed by atoms with van der Waals surface area (Å²) in [6.45, 7) is 0. The molecule has 0 saturated carbocycles. The summed E-state index contributed by atoms with van der Waals surface area (Å²) in [5, 5.41) is 5.83. The summed E-state index contributed by atoms with van der Waals surface area (Å²) in [7, 11) is 0. The van der Waals surface area contributed by atoms with Crippen LogP contribution in [0.4, 0.5) is 0 Å². The van der Waals surface area contributed by atoms with Crippen molar-refractivity contribution in [2.45, 2.75) is 0 Å². The molecule has 11 aromatic rings. The van der Waals surface area contributed by atoms with Gasteiger partial charge in [0.15, 0.2) is 17.5 Å². The number of fused-ring (bicyclic) bond motifs is 9. The van der Waals surface area contributed by atoms with Gasteiger partial charge in [0.1, 0.15) is 22.3 Å². The van der Waals surface area contributed by atoms with Crippen molar-refractivity contribution in [3.63, 3.8) is 0 Å². The molecule has 0 saturated heterocycles. The molecule has 6 heteroatoms. The number of nitrogens with zero attached hydrogens (tertiary/aromatic N) is 4. The number of hydrogen-bond donors (Lipinski definition) is 0. The molecule has 0 bridgehead atoms. The zero-order chi connectivity index (χ0) is 37.8. The van der Waals surface area contributed by atoms with Gasteiger partial charge in [-0.3, -0.25) is 0 Å². The fourth-order valence-corrected chi connectivity index (χ4v) is 7.34. The summed E-state index contributed by atoms with van der Waals surface area (Å²) in [6, 6.07) is 39.6. The van der Waals surface area contributed by atoms with Crippen LogP contribution in [-0.4, -0.2) is 19.5 Å². The minimum Gasteiger partial charge on any atom is -0.456 e. The second kappa shape index (κ2) is 10.7. The third-order valence-electron chi connectivity index (χ3n) is 9.56. The van der Waals surface area contributed by atoms with E-state index in [-0.39, 0.29) is 23.0 Å². The summed E-state index contributed by atoms with van der Waals surface area (Å²) >= 11 is 0. The summed E-state index contributed by atoms with van der Waals surface area (Å²) < 4.78 is 57.7. The molecule has 7 aromatic carbocycles. The fraction of sp³-hybridized carbons (Fsp3) is 0. The second-order valence-corrected chi connectivity index (χ2v) is 12.4. The lowest BCUT2D eigenvalue weighted by atomic mass is 10.1. The Labute approximate surface area is 297 Å². The molecule has 0 aliphatic heterocycles. The largest absolute Gasteiger partial charge is 0.456 e. The quantitative estimate of drug-likeness (QED) is 0.188. The molecule has 4 aromatic heterocycles. The van der Waals surface area contributed by atoms with Crippen LogP contribution < -0.4 is 0 Å². The third-order valence-corrected chi connectivity index (χ3v) is 9.56. The van der Waals surface area contributed by atoms with Gasteiger partial charge >= 0.3 is 0 Å². The molecule has 0 spiro atoms. The maximum atomic E-state index is 8.81. The molecule has 0 N–H and O–H groups in total. The molecule has 51 heavy (non-hydrogen) atoms. The van der Waals surface area contributed by atoms with Crippen molar-refractivity contribution in [3.8, 4) is 39.9 Å². The first-order valence-electron chi connectivity index (χ1n) is 19.0. The number of aromatic nitrogens is 4. The van der Waals surface area contributed by atoms with Crippen LogP contribution in [-0.2, 0) is 0 Å². The lowest BCUT2D eigenvalue weighted by Crippen LogP contribution is -2.00. The molecule has 0 aliphatic carbocycles. The van der Waals surface area contributed by atoms with Gasteiger partial charge in [-0.15, -0.1) is 0 Å². The maximum Gasteiger partial charge on any atom is 0.167 e. The van der Waals surface area contributed by atoms with Crippen molar-refractivity contribution in [3.05, 3.63) is 158 Å². The first-order valence-corrected chi connectivity index (χ1v) is 16.5. The Balaban J connectivity index is 1.19. The Morgan fingerprint density at radius 2 is 1.10 bits per heavy atom. The summed E-state index contributed by atoms with van der Waals surface area (Å²) in [5.74, 6) is 0.415. The van der Waals surface area contributed by atoms with Gasteiger partial charge in [-0.05, 0) is 54.6 Å². The van der Waals surface area contributed by atoms with Crippen molar-refractivity contribution in [1.29, 1.82) is 0 Å². The normalized spacial score (nSPS) is 13.3. The standard InChI is InChI=1S/C45H26N4O2/c1-2-12-27(13-3-1)43-46-44(48-45(47-43)33-18-10-17-32-31-16-6-9-22-38(31)51-42(32)33)28-24-25-39-34(26-28)41-37(21-11-23-40(41)50-39)49-35-19-7-4-14-29(35)30-15-5-8-20-36(30)49/h1-26H/i1D,2D,3D,12D,13D. The maximum absolute atomic E-state index is 8.81. The van der Waals surface area contributed by atoms with E-state index in [4.69, 9.17) is 30.6 Å². The molecule has 238 valence electrons. The fourth-order valence-electron chi connectivity index (χ4n) is 7.34. The molecule has 0 atom stereocenters. The van der Waals surface area contributed by atoms with E-state index >= 15 is 0 Å². The van der Waals surface area contributed by atoms with Gasteiger partial charge in [0.25, 0.3) is 0 Å². The van der Waals surface area contributed by atoms with E-state index in [2.05, 4.69) is 47.0 Å². The van der Waals surface area contributed by atoms with Gasteiger partial charge in [-0.2, -0.15) is 0 Å². The van der Waals surface area contributed by atoms with Crippen LogP contribution in [0.15, 0.2) is 166 Å². The SMILES string of the molecule is [2H]c1c([2H])c([2H])c(-c2nc(-c3ccc4oc5cccc(-n6c7ccccc7c7ccccc76)c5c4c3)nc(-c3cccc4c3oc3ccccc34)n2)c([2H])c1[2H]. The van der Waals surface area contributed by atoms with Crippen LogP contribution in [0, 0.1) is 0 Å². The summed E-state index contributed by atoms with van der Waals surface area (Å²) in [5.41, 5.74) is 6.79.